The molecule has 21 heavy (non-hydrogen) atoms. The molecule has 0 amide bonds. The lowest BCUT2D eigenvalue weighted by Crippen LogP contribution is -2.26. The number of benzene rings is 1. The van der Waals surface area contributed by atoms with Gasteiger partial charge in [0.2, 0.25) is 0 Å². The van der Waals surface area contributed by atoms with Gasteiger partial charge in [-0.1, -0.05) is 24.3 Å². The summed E-state index contributed by atoms with van der Waals surface area (Å²) in [6, 6.07) is 13.9. The molecule has 2 N–H and O–H groups in total. The van der Waals surface area contributed by atoms with E-state index in [9.17, 15) is 0 Å². The van der Waals surface area contributed by atoms with Crippen molar-refractivity contribution >= 4 is 0 Å². The van der Waals surface area contributed by atoms with Crippen molar-refractivity contribution in [3.63, 3.8) is 0 Å². The van der Waals surface area contributed by atoms with E-state index in [4.69, 9.17) is 10.5 Å². The van der Waals surface area contributed by atoms with Crippen molar-refractivity contribution in [3.8, 4) is 5.75 Å². The molecular weight excluding hydrogens is 262 g/mol. The van der Waals surface area contributed by atoms with Crippen LogP contribution in [0.3, 0.4) is 0 Å². The maximum atomic E-state index is 5.81. The molecule has 0 saturated carbocycles. The molecule has 0 spiro atoms. The largest absolute Gasteiger partial charge is 0.492 e. The van der Waals surface area contributed by atoms with Crippen LogP contribution < -0.4 is 10.5 Å². The number of likely N-dealkylation sites (N-methyl/N-ethyl adjacent to an activating group) is 1. The molecule has 0 atom stereocenters. The Morgan fingerprint density at radius 1 is 1.10 bits per heavy atom. The standard InChI is InChI=1S/C17H23N3O/c1-20(11-9-16-7-4-5-10-19-16)12-13-21-17-8-3-2-6-15(17)14-18/h2-8,10H,9,11-14,18H2,1H3. The Hall–Kier alpha value is -1.91. The van der Waals surface area contributed by atoms with Crippen molar-refractivity contribution in [2.45, 2.75) is 13.0 Å². The van der Waals surface area contributed by atoms with Gasteiger partial charge in [-0.25, -0.2) is 0 Å². The van der Waals surface area contributed by atoms with Gasteiger partial charge >= 0.3 is 0 Å². The van der Waals surface area contributed by atoms with Crippen molar-refractivity contribution in [1.29, 1.82) is 0 Å². The summed E-state index contributed by atoms with van der Waals surface area (Å²) in [6.45, 7) is 3.02. The first-order valence-corrected chi connectivity index (χ1v) is 7.29. The summed E-state index contributed by atoms with van der Waals surface area (Å²) in [7, 11) is 2.10. The van der Waals surface area contributed by atoms with Gasteiger partial charge in [0.1, 0.15) is 12.4 Å². The molecule has 4 heteroatoms. The summed E-state index contributed by atoms with van der Waals surface area (Å²) in [6.07, 6.45) is 2.79. The number of nitrogens with zero attached hydrogens (tertiary/aromatic N) is 2. The molecule has 0 aliphatic rings. The lowest BCUT2D eigenvalue weighted by atomic mass is 10.2. The van der Waals surface area contributed by atoms with E-state index in [-0.39, 0.29) is 0 Å². The highest BCUT2D eigenvalue weighted by molar-refractivity contribution is 5.32. The molecule has 0 aliphatic heterocycles. The molecule has 2 rings (SSSR count). The van der Waals surface area contributed by atoms with Gasteiger partial charge in [0, 0.05) is 43.5 Å². The molecule has 1 aromatic heterocycles. The zero-order valence-electron chi connectivity index (χ0n) is 12.5. The van der Waals surface area contributed by atoms with E-state index < -0.39 is 0 Å². The number of hydrogen-bond donors (Lipinski definition) is 1. The molecule has 4 nitrogen and oxygen atoms in total. The van der Waals surface area contributed by atoms with Gasteiger partial charge in [-0.2, -0.15) is 0 Å². The zero-order valence-corrected chi connectivity index (χ0v) is 12.5. The van der Waals surface area contributed by atoms with Gasteiger partial charge < -0.3 is 15.4 Å². The number of hydrogen-bond acceptors (Lipinski definition) is 4. The normalized spacial score (nSPS) is 10.8. The second kappa shape index (κ2) is 8.39. The molecule has 0 unspecified atom stereocenters. The van der Waals surface area contributed by atoms with Crippen LogP contribution in [0, 0.1) is 0 Å². The number of aromatic nitrogens is 1. The fourth-order valence-electron chi connectivity index (χ4n) is 2.09. The summed E-state index contributed by atoms with van der Waals surface area (Å²) in [5, 5.41) is 0. The first kappa shape index (κ1) is 15.5. The second-order valence-corrected chi connectivity index (χ2v) is 5.03. The van der Waals surface area contributed by atoms with Crippen molar-refractivity contribution in [2.75, 3.05) is 26.7 Å². The quantitative estimate of drug-likeness (QED) is 0.807. The Bertz CT molecular complexity index is 531. The summed E-state index contributed by atoms with van der Waals surface area (Å²) >= 11 is 0. The van der Waals surface area contributed by atoms with Crippen LogP contribution in [0.15, 0.2) is 48.7 Å². The Morgan fingerprint density at radius 2 is 1.90 bits per heavy atom. The number of nitrogens with two attached hydrogens (primary N) is 1. The Labute approximate surface area is 126 Å². The minimum Gasteiger partial charge on any atom is -0.492 e. The van der Waals surface area contributed by atoms with E-state index in [2.05, 4.69) is 23.0 Å². The van der Waals surface area contributed by atoms with Crippen molar-refractivity contribution in [3.05, 3.63) is 59.9 Å². The number of rotatable bonds is 8. The minimum atomic E-state index is 0.506. The summed E-state index contributed by atoms with van der Waals surface area (Å²) in [5.41, 5.74) is 7.87. The topological polar surface area (TPSA) is 51.4 Å². The fourth-order valence-corrected chi connectivity index (χ4v) is 2.09. The third kappa shape index (κ3) is 5.17. The monoisotopic (exact) mass is 285 g/mol. The minimum absolute atomic E-state index is 0.506. The number of para-hydroxylation sites is 1. The van der Waals surface area contributed by atoms with E-state index in [0.717, 1.165) is 36.5 Å². The lowest BCUT2D eigenvalue weighted by Gasteiger charge is -2.17. The maximum absolute atomic E-state index is 5.81. The van der Waals surface area contributed by atoms with Crippen LogP contribution in [0.2, 0.25) is 0 Å². The van der Waals surface area contributed by atoms with E-state index in [1.54, 1.807) is 0 Å². The van der Waals surface area contributed by atoms with E-state index >= 15 is 0 Å². The summed E-state index contributed by atoms with van der Waals surface area (Å²) in [5.74, 6) is 0.887. The molecule has 0 fully saturated rings. The van der Waals surface area contributed by atoms with Crippen molar-refractivity contribution < 1.29 is 4.74 Å². The highest BCUT2D eigenvalue weighted by Crippen LogP contribution is 2.16. The van der Waals surface area contributed by atoms with Crippen LogP contribution in [0.4, 0.5) is 0 Å². The van der Waals surface area contributed by atoms with Crippen LogP contribution in [-0.4, -0.2) is 36.6 Å². The van der Waals surface area contributed by atoms with Gasteiger partial charge in [0.05, 0.1) is 0 Å². The smallest absolute Gasteiger partial charge is 0.123 e. The molecule has 112 valence electrons. The predicted octanol–water partition coefficient (Wildman–Crippen LogP) is 2.09. The fraction of sp³-hybridized carbons (Fsp3) is 0.353. The molecule has 0 aliphatic carbocycles. The zero-order chi connectivity index (χ0) is 14.9. The van der Waals surface area contributed by atoms with Crippen molar-refractivity contribution in [2.24, 2.45) is 5.73 Å². The molecular formula is C17H23N3O. The van der Waals surface area contributed by atoms with Crippen molar-refractivity contribution in [1.82, 2.24) is 9.88 Å². The Kier molecular flexibility index (Phi) is 6.19. The highest BCUT2D eigenvalue weighted by Gasteiger charge is 2.03. The second-order valence-electron chi connectivity index (χ2n) is 5.03. The molecule has 0 saturated heterocycles. The van der Waals surface area contributed by atoms with Crippen LogP contribution in [0.1, 0.15) is 11.3 Å². The highest BCUT2D eigenvalue weighted by atomic mass is 16.5. The summed E-state index contributed by atoms with van der Waals surface area (Å²) < 4.78 is 5.81. The summed E-state index contributed by atoms with van der Waals surface area (Å²) in [4.78, 5) is 6.58. The average Bonchev–Trinajstić information content (AvgIpc) is 2.54. The van der Waals surface area contributed by atoms with Gasteiger partial charge in [-0.15, -0.1) is 0 Å². The first-order valence-electron chi connectivity index (χ1n) is 7.29. The molecule has 0 radical (unpaired) electrons. The Morgan fingerprint density at radius 3 is 2.67 bits per heavy atom. The SMILES string of the molecule is CN(CCOc1ccccc1CN)CCc1ccccn1. The third-order valence-electron chi connectivity index (χ3n) is 3.40. The van der Waals surface area contributed by atoms with Crippen LogP contribution in [-0.2, 0) is 13.0 Å². The number of ether oxygens (including phenoxy) is 1. The molecule has 2 aromatic rings. The van der Waals surface area contributed by atoms with Gasteiger partial charge in [0.15, 0.2) is 0 Å². The van der Waals surface area contributed by atoms with Gasteiger partial charge in [0.25, 0.3) is 0 Å². The third-order valence-corrected chi connectivity index (χ3v) is 3.40. The van der Waals surface area contributed by atoms with Gasteiger partial charge in [-0.05, 0) is 25.2 Å². The molecule has 1 aromatic carbocycles. The van der Waals surface area contributed by atoms with Crippen LogP contribution in [0.25, 0.3) is 0 Å². The van der Waals surface area contributed by atoms with E-state index in [1.807, 2.05) is 42.6 Å². The predicted molar refractivity (Wildman–Crippen MR) is 85.3 cm³/mol. The van der Waals surface area contributed by atoms with E-state index in [0.29, 0.717) is 13.2 Å². The van der Waals surface area contributed by atoms with Crippen LogP contribution in [0.5, 0.6) is 5.75 Å². The Balaban J connectivity index is 1.70. The maximum Gasteiger partial charge on any atom is 0.123 e. The first-order chi connectivity index (χ1) is 10.3. The lowest BCUT2D eigenvalue weighted by molar-refractivity contribution is 0.237. The van der Waals surface area contributed by atoms with Crippen LogP contribution >= 0.6 is 0 Å². The molecule has 1 heterocycles. The van der Waals surface area contributed by atoms with Gasteiger partial charge in [-0.3, -0.25) is 4.98 Å². The van der Waals surface area contributed by atoms with E-state index in [1.165, 1.54) is 0 Å². The number of pyridine rings is 1. The molecule has 0 bridgehead atoms. The average molecular weight is 285 g/mol.